The van der Waals surface area contributed by atoms with Crippen LogP contribution in [-0.4, -0.2) is 43.1 Å². The van der Waals surface area contributed by atoms with Crippen molar-refractivity contribution in [3.05, 3.63) is 0 Å². The molecule has 2 rings (SSSR count). The van der Waals surface area contributed by atoms with Crippen LogP contribution in [0.2, 0.25) is 0 Å². The van der Waals surface area contributed by atoms with Crippen LogP contribution in [0.5, 0.6) is 0 Å². The van der Waals surface area contributed by atoms with Crippen LogP contribution >= 0.6 is 0 Å². The van der Waals surface area contributed by atoms with Gasteiger partial charge in [0.15, 0.2) is 0 Å². The van der Waals surface area contributed by atoms with Crippen molar-refractivity contribution in [2.75, 3.05) is 13.1 Å². The monoisotopic (exact) mass is 290 g/mol. The summed E-state index contributed by atoms with van der Waals surface area (Å²) >= 11 is 0. The molecule has 3 unspecified atom stereocenters. The molecule has 6 heteroatoms. The minimum absolute atomic E-state index is 0.0203. The van der Waals surface area contributed by atoms with Crippen molar-refractivity contribution in [1.82, 2.24) is 9.03 Å². The van der Waals surface area contributed by atoms with Gasteiger partial charge in [0.25, 0.3) is 10.2 Å². The Hall–Kier alpha value is -0.170. The first-order valence-corrected chi connectivity index (χ1v) is 8.94. The molecule has 1 aliphatic heterocycles. The average Bonchev–Trinajstić information content (AvgIpc) is 2.39. The predicted molar refractivity (Wildman–Crippen MR) is 74.9 cm³/mol. The fraction of sp³-hybridized carbons (Fsp3) is 1.00. The maximum absolute atomic E-state index is 12.3. The second kappa shape index (κ2) is 6.52. The van der Waals surface area contributed by atoms with Crippen LogP contribution in [0, 0.1) is 5.92 Å². The van der Waals surface area contributed by atoms with E-state index in [-0.39, 0.29) is 18.1 Å². The smallest absolute Gasteiger partial charge is 0.279 e. The van der Waals surface area contributed by atoms with E-state index >= 15 is 0 Å². The molecule has 0 aromatic heterocycles. The molecule has 2 aliphatic rings. The summed E-state index contributed by atoms with van der Waals surface area (Å²) in [5, 5.41) is 10.2. The van der Waals surface area contributed by atoms with Gasteiger partial charge in [0.05, 0.1) is 6.10 Å². The molecule has 2 N–H and O–H groups in total. The lowest BCUT2D eigenvalue weighted by molar-refractivity contribution is 0.0201. The average molecular weight is 290 g/mol. The lowest BCUT2D eigenvalue weighted by atomic mass is 9.79. The Bertz CT molecular complexity index is 385. The summed E-state index contributed by atoms with van der Waals surface area (Å²) in [5.41, 5.74) is 0. The SMILES string of the molecule is CCNS(=O)(=O)N1CCCCC1C1CCCCC1O. The van der Waals surface area contributed by atoms with Crippen LogP contribution < -0.4 is 4.72 Å². The predicted octanol–water partition coefficient (Wildman–Crippen LogP) is 1.25. The largest absolute Gasteiger partial charge is 0.393 e. The fourth-order valence-electron chi connectivity index (χ4n) is 3.51. The van der Waals surface area contributed by atoms with E-state index in [0.29, 0.717) is 13.1 Å². The van der Waals surface area contributed by atoms with Gasteiger partial charge in [-0.1, -0.05) is 26.2 Å². The zero-order valence-corrected chi connectivity index (χ0v) is 12.5. The number of piperidine rings is 1. The molecule has 19 heavy (non-hydrogen) atoms. The van der Waals surface area contributed by atoms with Crippen LogP contribution in [0.25, 0.3) is 0 Å². The van der Waals surface area contributed by atoms with Crippen LogP contribution in [0.4, 0.5) is 0 Å². The van der Waals surface area contributed by atoms with Crippen molar-refractivity contribution in [1.29, 1.82) is 0 Å². The zero-order valence-electron chi connectivity index (χ0n) is 11.7. The van der Waals surface area contributed by atoms with Gasteiger partial charge in [0, 0.05) is 25.0 Å². The van der Waals surface area contributed by atoms with Gasteiger partial charge in [-0.15, -0.1) is 0 Å². The molecule has 0 amide bonds. The fourth-order valence-corrected chi connectivity index (χ4v) is 5.03. The molecule has 0 aromatic rings. The Kier molecular flexibility index (Phi) is 5.22. The summed E-state index contributed by atoms with van der Waals surface area (Å²) < 4.78 is 28.8. The normalized spacial score (nSPS) is 34.3. The highest BCUT2D eigenvalue weighted by Gasteiger charge is 2.40. The third-order valence-corrected chi connectivity index (χ3v) is 6.13. The molecule has 0 spiro atoms. The van der Waals surface area contributed by atoms with Crippen molar-refractivity contribution < 1.29 is 13.5 Å². The number of rotatable bonds is 4. The quantitative estimate of drug-likeness (QED) is 0.818. The van der Waals surface area contributed by atoms with Crippen LogP contribution in [0.15, 0.2) is 0 Å². The first-order chi connectivity index (χ1) is 9.06. The Morgan fingerprint density at radius 2 is 1.84 bits per heavy atom. The van der Waals surface area contributed by atoms with Gasteiger partial charge in [-0.05, 0) is 25.7 Å². The molecule has 0 bridgehead atoms. The van der Waals surface area contributed by atoms with Gasteiger partial charge in [0.2, 0.25) is 0 Å². The first kappa shape index (κ1) is 15.2. The number of nitrogens with one attached hydrogen (secondary N) is 1. The van der Waals surface area contributed by atoms with Gasteiger partial charge < -0.3 is 5.11 Å². The van der Waals surface area contributed by atoms with Crippen molar-refractivity contribution in [3.8, 4) is 0 Å². The van der Waals surface area contributed by atoms with E-state index in [1.54, 1.807) is 11.2 Å². The second-order valence-corrected chi connectivity index (χ2v) is 7.40. The van der Waals surface area contributed by atoms with E-state index in [2.05, 4.69) is 4.72 Å². The number of hydrogen-bond acceptors (Lipinski definition) is 3. The topological polar surface area (TPSA) is 69.6 Å². The summed E-state index contributed by atoms with van der Waals surface area (Å²) in [6.45, 7) is 2.80. The zero-order chi connectivity index (χ0) is 13.9. The van der Waals surface area contributed by atoms with Gasteiger partial charge in [-0.3, -0.25) is 0 Å². The molecule has 0 aromatic carbocycles. The summed E-state index contributed by atoms with van der Waals surface area (Å²) in [6, 6.07) is -0.0203. The maximum Gasteiger partial charge on any atom is 0.279 e. The van der Waals surface area contributed by atoms with E-state index in [4.69, 9.17) is 0 Å². The van der Waals surface area contributed by atoms with E-state index in [0.717, 1.165) is 44.9 Å². The minimum Gasteiger partial charge on any atom is -0.393 e. The van der Waals surface area contributed by atoms with Gasteiger partial charge in [-0.25, -0.2) is 4.72 Å². The van der Waals surface area contributed by atoms with Crippen LogP contribution in [0.1, 0.15) is 51.9 Å². The molecular weight excluding hydrogens is 264 g/mol. The summed E-state index contributed by atoms with van der Waals surface area (Å²) in [6.07, 6.45) is 6.46. The summed E-state index contributed by atoms with van der Waals surface area (Å²) in [4.78, 5) is 0. The molecular formula is C13H26N2O3S. The van der Waals surface area contributed by atoms with Crippen molar-refractivity contribution >= 4 is 10.2 Å². The van der Waals surface area contributed by atoms with E-state index in [1.165, 1.54) is 0 Å². The highest BCUT2D eigenvalue weighted by atomic mass is 32.2. The van der Waals surface area contributed by atoms with Gasteiger partial charge in [-0.2, -0.15) is 12.7 Å². The molecule has 112 valence electrons. The molecule has 2 fully saturated rings. The standard InChI is InChI=1S/C13H26N2O3S/c1-2-14-19(17,18)15-10-6-5-8-12(15)11-7-3-4-9-13(11)16/h11-14,16H,2-10H2,1H3. The highest BCUT2D eigenvalue weighted by molar-refractivity contribution is 7.87. The Balaban J connectivity index is 2.15. The summed E-state index contributed by atoms with van der Waals surface area (Å²) in [7, 11) is -3.38. The third-order valence-electron chi connectivity index (χ3n) is 4.41. The molecule has 1 saturated heterocycles. The van der Waals surface area contributed by atoms with Crippen molar-refractivity contribution in [2.24, 2.45) is 5.92 Å². The third kappa shape index (κ3) is 3.48. The number of nitrogens with zero attached hydrogens (tertiary/aromatic N) is 1. The van der Waals surface area contributed by atoms with E-state index < -0.39 is 10.2 Å². The van der Waals surface area contributed by atoms with E-state index in [9.17, 15) is 13.5 Å². The summed E-state index contributed by atoms with van der Waals surface area (Å²) in [5.74, 6) is 0.113. The minimum atomic E-state index is -3.38. The highest BCUT2D eigenvalue weighted by Crippen LogP contribution is 2.34. The van der Waals surface area contributed by atoms with Crippen LogP contribution in [0.3, 0.4) is 0 Å². The Labute approximate surface area is 116 Å². The second-order valence-electron chi connectivity index (χ2n) is 5.69. The lowest BCUT2D eigenvalue weighted by Crippen LogP contribution is -2.54. The van der Waals surface area contributed by atoms with Gasteiger partial charge >= 0.3 is 0 Å². The molecule has 0 radical (unpaired) electrons. The van der Waals surface area contributed by atoms with Crippen molar-refractivity contribution in [3.63, 3.8) is 0 Å². The Morgan fingerprint density at radius 1 is 1.16 bits per heavy atom. The first-order valence-electron chi connectivity index (χ1n) is 7.50. The molecule has 3 atom stereocenters. The number of hydrogen-bond donors (Lipinski definition) is 2. The molecule has 5 nitrogen and oxygen atoms in total. The van der Waals surface area contributed by atoms with Crippen LogP contribution in [-0.2, 0) is 10.2 Å². The lowest BCUT2D eigenvalue weighted by Gasteiger charge is -2.42. The number of aliphatic hydroxyl groups excluding tert-OH is 1. The van der Waals surface area contributed by atoms with Crippen molar-refractivity contribution in [2.45, 2.75) is 64.0 Å². The number of aliphatic hydroxyl groups is 1. The van der Waals surface area contributed by atoms with E-state index in [1.807, 2.05) is 0 Å². The van der Waals surface area contributed by atoms with Gasteiger partial charge in [0.1, 0.15) is 0 Å². The Morgan fingerprint density at radius 3 is 2.53 bits per heavy atom. The molecule has 1 aliphatic carbocycles. The maximum atomic E-state index is 12.3. The molecule has 1 saturated carbocycles. The molecule has 1 heterocycles.